The van der Waals surface area contributed by atoms with Crippen LogP contribution in [0.25, 0.3) is 0 Å². The van der Waals surface area contributed by atoms with Gasteiger partial charge in [0.2, 0.25) is 0 Å². The molecular weight excluding hydrogens is 248 g/mol. The first-order valence-corrected chi connectivity index (χ1v) is 7.17. The fourth-order valence-corrected chi connectivity index (χ4v) is 3.60. The lowest BCUT2D eigenvalue weighted by molar-refractivity contribution is 0.482. The number of benzene rings is 1. The van der Waals surface area contributed by atoms with E-state index in [2.05, 4.69) is 5.32 Å². The van der Waals surface area contributed by atoms with E-state index in [0.29, 0.717) is 6.42 Å². The van der Waals surface area contributed by atoms with Gasteiger partial charge in [0.1, 0.15) is 0 Å². The number of hydrogen-bond donors (Lipinski definition) is 1. The Labute approximate surface area is 98.8 Å². The van der Waals surface area contributed by atoms with E-state index in [9.17, 15) is 17.2 Å². The summed E-state index contributed by atoms with van der Waals surface area (Å²) in [6, 6.07) is 3.80. The van der Waals surface area contributed by atoms with Gasteiger partial charge in [0, 0.05) is 18.2 Å². The first-order valence-electron chi connectivity index (χ1n) is 5.34. The number of sulfone groups is 1. The molecule has 0 spiro atoms. The van der Waals surface area contributed by atoms with E-state index < -0.39 is 21.5 Å². The van der Waals surface area contributed by atoms with Crippen LogP contribution in [-0.2, 0) is 16.4 Å². The largest absolute Gasteiger partial charge is 0.309 e. The maximum atomic E-state index is 13.3. The number of hydrogen-bond acceptors (Lipinski definition) is 3. The Morgan fingerprint density at radius 3 is 2.76 bits per heavy atom. The van der Waals surface area contributed by atoms with Crippen molar-refractivity contribution in [3.05, 3.63) is 35.4 Å². The highest BCUT2D eigenvalue weighted by Gasteiger charge is 2.27. The summed E-state index contributed by atoms with van der Waals surface area (Å²) in [5.74, 6) is -1.52. The van der Waals surface area contributed by atoms with Gasteiger partial charge < -0.3 is 5.32 Å². The minimum Gasteiger partial charge on any atom is -0.309 e. The molecule has 3 nitrogen and oxygen atoms in total. The Hall–Kier alpha value is -1.01. The predicted octanol–water partition coefficient (Wildman–Crippen LogP) is 1.24. The van der Waals surface area contributed by atoms with Crippen LogP contribution in [0.2, 0.25) is 0 Å². The standard InChI is InChI=1S/C11H13F2NO2S/c12-10-3-1-2-8(11(10)13)6-14-9-4-5-17(15,16)7-9/h1-3,9,14H,4-7H2. The first kappa shape index (κ1) is 12.4. The lowest BCUT2D eigenvalue weighted by atomic mass is 10.2. The van der Waals surface area contributed by atoms with Gasteiger partial charge in [0.15, 0.2) is 21.5 Å². The molecule has 1 unspecified atom stereocenters. The maximum absolute atomic E-state index is 13.3. The molecule has 1 aliphatic rings. The summed E-state index contributed by atoms with van der Waals surface area (Å²) in [6.07, 6.45) is 0.527. The molecule has 1 aromatic carbocycles. The molecule has 1 aliphatic heterocycles. The van der Waals surface area contributed by atoms with Crippen LogP contribution in [-0.4, -0.2) is 26.0 Å². The Kier molecular flexibility index (Phi) is 3.44. The molecule has 1 aromatic rings. The van der Waals surface area contributed by atoms with E-state index in [1.54, 1.807) is 0 Å². The van der Waals surface area contributed by atoms with Crippen LogP contribution in [0.1, 0.15) is 12.0 Å². The lowest BCUT2D eigenvalue weighted by Crippen LogP contribution is -2.29. The van der Waals surface area contributed by atoms with Crippen LogP contribution in [0.15, 0.2) is 18.2 Å². The average Bonchev–Trinajstić information content (AvgIpc) is 2.61. The lowest BCUT2D eigenvalue weighted by Gasteiger charge is -2.11. The molecule has 1 saturated heterocycles. The average molecular weight is 261 g/mol. The van der Waals surface area contributed by atoms with Gasteiger partial charge in [-0.05, 0) is 12.5 Å². The molecule has 0 radical (unpaired) electrons. The number of halogens is 2. The Morgan fingerprint density at radius 2 is 2.12 bits per heavy atom. The van der Waals surface area contributed by atoms with Crippen molar-refractivity contribution in [3.63, 3.8) is 0 Å². The summed E-state index contributed by atoms with van der Waals surface area (Å²) in [7, 11) is -2.95. The minimum absolute atomic E-state index is 0.0733. The highest BCUT2D eigenvalue weighted by atomic mass is 32.2. The summed E-state index contributed by atoms with van der Waals surface area (Å²) in [5.41, 5.74) is 0.217. The van der Waals surface area contributed by atoms with Gasteiger partial charge in [-0.3, -0.25) is 0 Å². The van der Waals surface area contributed by atoms with Gasteiger partial charge >= 0.3 is 0 Å². The summed E-state index contributed by atoms with van der Waals surface area (Å²) in [6.45, 7) is 0.143. The summed E-state index contributed by atoms with van der Waals surface area (Å²) in [5, 5.41) is 2.94. The van der Waals surface area contributed by atoms with Crippen molar-refractivity contribution < 1.29 is 17.2 Å². The van der Waals surface area contributed by atoms with E-state index >= 15 is 0 Å². The summed E-state index contributed by atoms with van der Waals surface area (Å²) >= 11 is 0. The zero-order valence-corrected chi connectivity index (χ0v) is 9.93. The van der Waals surface area contributed by atoms with Gasteiger partial charge in [0.05, 0.1) is 11.5 Å². The van der Waals surface area contributed by atoms with Gasteiger partial charge in [-0.2, -0.15) is 0 Å². The molecular formula is C11H13F2NO2S. The molecule has 94 valence electrons. The molecule has 1 N–H and O–H groups in total. The van der Waals surface area contributed by atoms with Crippen LogP contribution >= 0.6 is 0 Å². The Morgan fingerprint density at radius 1 is 1.35 bits per heavy atom. The van der Waals surface area contributed by atoms with E-state index in [4.69, 9.17) is 0 Å². The second kappa shape index (κ2) is 4.70. The Balaban J connectivity index is 1.97. The normalized spacial score (nSPS) is 22.8. The van der Waals surface area contributed by atoms with Crippen LogP contribution in [0.3, 0.4) is 0 Å². The number of nitrogens with one attached hydrogen (secondary N) is 1. The zero-order chi connectivity index (χ0) is 12.5. The molecule has 0 aliphatic carbocycles. The highest BCUT2D eigenvalue weighted by molar-refractivity contribution is 7.91. The van der Waals surface area contributed by atoms with E-state index in [0.717, 1.165) is 6.07 Å². The number of rotatable bonds is 3. The molecule has 0 amide bonds. The zero-order valence-electron chi connectivity index (χ0n) is 9.12. The highest BCUT2D eigenvalue weighted by Crippen LogP contribution is 2.14. The van der Waals surface area contributed by atoms with Gasteiger partial charge in [-0.15, -0.1) is 0 Å². The fourth-order valence-electron chi connectivity index (χ4n) is 1.90. The SMILES string of the molecule is O=S1(=O)CCC(NCc2cccc(F)c2F)C1. The van der Waals surface area contributed by atoms with Gasteiger partial charge in [-0.1, -0.05) is 12.1 Å². The van der Waals surface area contributed by atoms with E-state index in [1.165, 1.54) is 12.1 Å². The van der Waals surface area contributed by atoms with Gasteiger partial charge in [0.25, 0.3) is 0 Å². The minimum atomic E-state index is -2.95. The third-order valence-electron chi connectivity index (χ3n) is 2.85. The third-order valence-corrected chi connectivity index (χ3v) is 4.61. The van der Waals surface area contributed by atoms with Crippen molar-refractivity contribution in [3.8, 4) is 0 Å². The molecule has 0 bridgehead atoms. The van der Waals surface area contributed by atoms with Crippen molar-refractivity contribution >= 4 is 9.84 Å². The molecule has 17 heavy (non-hydrogen) atoms. The van der Waals surface area contributed by atoms with Crippen LogP contribution in [0.4, 0.5) is 8.78 Å². The topological polar surface area (TPSA) is 46.2 Å². The van der Waals surface area contributed by atoms with Crippen LogP contribution in [0.5, 0.6) is 0 Å². The smallest absolute Gasteiger partial charge is 0.163 e. The van der Waals surface area contributed by atoms with Gasteiger partial charge in [-0.25, -0.2) is 17.2 Å². The molecule has 1 heterocycles. The van der Waals surface area contributed by atoms with Crippen molar-refractivity contribution in [1.29, 1.82) is 0 Å². The molecule has 0 saturated carbocycles. The molecule has 0 aromatic heterocycles. The second-order valence-corrected chi connectivity index (χ2v) is 6.42. The molecule has 1 fully saturated rings. The quantitative estimate of drug-likeness (QED) is 0.890. The third kappa shape index (κ3) is 3.01. The van der Waals surface area contributed by atoms with Crippen LogP contribution < -0.4 is 5.32 Å². The van der Waals surface area contributed by atoms with Crippen molar-refractivity contribution in [2.24, 2.45) is 0 Å². The molecule has 2 rings (SSSR count). The van der Waals surface area contributed by atoms with Crippen molar-refractivity contribution in [1.82, 2.24) is 5.32 Å². The predicted molar refractivity (Wildman–Crippen MR) is 60.3 cm³/mol. The monoisotopic (exact) mass is 261 g/mol. The molecule has 1 atom stereocenters. The van der Waals surface area contributed by atoms with Crippen molar-refractivity contribution in [2.45, 2.75) is 19.0 Å². The summed E-state index contributed by atoms with van der Waals surface area (Å²) in [4.78, 5) is 0. The first-order chi connectivity index (χ1) is 7.98. The Bertz CT molecular complexity index is 516. The maximum Gasteiger partial charge on any atom is 0.163 e. The second-order valence-electron chi connectivity index (χ2n) is 4.19. The van der Waals surface area contributed by atoms with Crippen LogP contribution in [0, 0.1) is 11.6 Å². The summed E-state index contributed by atoms with van der Waals surface area (Å²) < 4.78 is 48.6. The fraction of sp³-hybridized carbons (Fsp3) is 0.455. The van der Waals surface area contributed by atoms with Crippen molar-refractivity contribution in [2.75, 3.05) is 11.5 Å². The molecule has 6 heteroatoms. The van der Waals surface area contributed by atoms with E-state index in [1.807, 2.05) is 0 Å². The van der Waals surface area contributed by atoms with E-state index in [-0.39, 0.29) is 29.7 Å².